The number of rotatable bonds is 12. The van der Waals surface area contributed by atoms with Crippen molar-refractivity contribution >= 4 is 6.09 Å². The molecule has 1 amide bonds. The summed E-state index contributed by atoms with van der Waals surface area (Å²) in [5.74, 6) is 0.843. The molecule has 0 aromatic heterocycles. The summed E-state index contributed by atoms with van der Waals surface area (Å²) in [5.41, 5.74) is 0. The largest absolute Gasteiger partial charge is 0.450 e. The first-order valence-corrected chi connectivity index (χ1v) is 8.15. The molecule has 3 nitrogen and oxygen atoms in total. The fourth-order valence-electron chi connectivity index (χ4n) is 2.37. The van der Waals surface area contributed by atoms with Crippen molar-refractivity contribution in [2.45, 2.75) is 78.6 Å². The number of ether oxygens (including phenoxy) is 1. The number of carbonyl (C=O) groups is 1. The van der Waals surface area contributed by atoms with E-state index in [-0.39, 0.29) is 6.09 Å². The lowest BCUT2D eigenvalue weighted by Crippen LogP contribution is -2.25. The molecule has 3 heteroatoms. The number of amides is 1. The number of hydrogen-bond donors (Lipinski definition) is 1. The van der Waals surface area contributed by atoms with Crippen LogP contribution in [-0.2, 0) is 4.74 Å². The van der Waals surface area contributed by atoms with Gasteiger partial charge in [-0.15, -0.1) is 0 Å². The second-order valence-electron chi connectivity index (χ2n) is 5.29. The lowest BCUT2D eigenvalue weighted by Gasteiger charge is -2.16. The number of nitrogens with one attached hydrogen (secondary N) is 1. The molecule has 0 rings (SSSR count). The Morgan fingerprint density at radius 3 is 2.21 bits per heavy atom. The first-order valence-electron chi connectivity index (χ1n) is 8.15. The molecule has 0 heterocycles. The fraction of sp³-hybridized carbons (Fsp3) is 0.938. The normalized spacial score (nSPS) is 12.2. The van der Waals surface area contributed by atoms with Gasteiger partial charge >= 0.3 is 6.09 Å². The van der Waals surface area contributed by atoms with E-state index < -0.39 is 0 Å². The summed E-state index contributed by atoms with van der Waals surface area (Å²) >= 11 is 0. The molecule has 0 aromatic carbocycles. The number of hydrogen-bond acceptors (Lipinski definition) is 2. The second kappa shape index (κ2) is 13.7. The Kier molecular flexibility index (Phi) is 13.2. The van der Waals surface area contributed by atoms with Crippen molar-refractivity contribution < 1.29 is 9.53 Å². The smallest absolute Gasteiger partial charge is 0.407 e. The summed E-state index contributed by atoms with van der Waals surface area (Å²) in [5, 5.41) is 2.80. The molecule has 1 unspecified atom stereocenters. The van der Waals surface area contributed by atoms with Crippen LogP contribution >= 0.6 is 0 Å². The van der Waals surface area contributed by atoms with Crippen molar-refractivity contribution in [1.29, 1.82) is 0 Å². The van der Waals surface area contributed by atoms with Gasteiger partial charge in [-0.1, -0.05) is 58.8 Å². The SMILES string of the molecule is CCCCCC(CCCC)CCCNC(=O)OCC. The minimum atomic E-state index is -0.279. The summed E-state index contributed by atoms with van der Waals surface area (Å²) in [6.45, 7) is 7.53. The highest BCUT2D eigenvalue weighted by atomic mass is 16.5. The lowest BCUT2D eigenvalue weighted by molar-refractivity contribution is 0.152. The van der Waals surface area contributed by atoms with Gasteiger partial charge in [-0.25, -0.2) is 4.79 Å². The summed E-state index contributed by atoms with van der Waals surface area (Å²) in [4.78, 5) is 11.1. The van der Waals surface area contributed by atoms with E-state index in [0.717, 1.165) is 18.9 Å². The first-order chi connectivity index (χ1) is 9.24. The van der Waals surface area contributed by atoms with Gasteiger partial charge < -0.3 is 10.1 Å². The molecule has 114 valence electrons. The van der Waals surface area contributed by atoms with E-state index >= 15 is 0 Å². The average Bonchev–Trinajstić information content (AvgIpc) is 2.40. The van der Waals surface area contributed by atoms with Crippen LogP contribution in [0.4, 0.5) is 4.79 Å². The van der Waals surface area contributed by atoms with Crippen molar-refractivity contribution in [3.63, 3.8) is 0 Å². The molecule has 0 saturated carbocycles. The number of carbonyl (C=O) groups excluding carboxylic acids is 1. The molecule has 19 heavy (non-hydrogen) atoms. The van der Waals surface area contributed by atoms with Crippen LogP contribution in [0.5, 0.6) is 0 Å². The van der Waals surface area contributed by atoms with Crippen molar-refractivity contribution in [3.8, 4) is 0 Å². The zero-order chi connectivity index (χ0) is 14.3. The monoisotopic (exact) mass is 271 g/mol. The Balaban J connectivity index is 3.68. The third-order valence-electron chi connectivity index (χ3n) is 3.52. The summed E-state index contributed by atoms with van der Waals surface area (Å²) < 4.78 is 4.84. The van der Waals surface area contributed by atoms with Gasteiger partial charge in [-0.3, -0.25) is 0 Å². The number of unbranched alkanes of at least 4 members (excludes halogenated alkanes) is 3. The van der Waals surface area contributed by atoms with Crippen molar-refractivity contribution in [3.05, 3.63) is 0 Å². The molecule has 0 spiro atoms. The van der Waals surface area contributed by atoms with Crippen molar-refractivity contribution in [2.24, 2.45) is 5.92 Å². The van der Waals surface area contributed by atoms with E-state index in [9.17, 15) is 4.79 Å². The third-order valence-corrected chi connectivity index (χ3v) is 3.52. The van der Waals surface area contributed by atoms with Crippen LogP contribution in [0.1, 0.15) is 78.6 Å². The Hall–Kier alpha value is -0.730. The van der Waals surface area contributed by atoms with Crippen LogP contribution in [0.25, 0.3) is 0 Å². The molecular weight excluding hydrogens is 238 g/mol. The van der Waals surface area contributed by atoms with Gasteiger partial charge in [0.2, 0.25) is 0 Å². The van der Waals surface area contributed by atoms with Crippen molar-refractivity contribution in [2.75, 3.05) is 13.2 Å². The Bertz CT molecular complexity index is 207. The molecule has 0 aromatic rings. The van der Waals surface area contributed by atoms with Crippen LogP contribution in [0.3, 0.4) is 0 Å². The number of alkyl carbamates (subject to hydrolysis) is 1. The molecule has 0 fully saturated rings. The van der Waals surface area contributed by atoms with Crippen LogP contribution < -0.4 is 5.32 Å². The van der Waals surface area contributed by atoms with Gasteiger partial charge in [0.1, 0.15) is 0 Å². The maximum atomic E-state index is 11.1. The molecule has 1 atom stereocenters. The zero-order valence-corrected chi connectivity index (χ0v) is 13.2. The molecule has 0 bridgehead atoms. The quantitative estimate of drug-likeness (QED) is 0.513. The molecular formula is C16H33NO2. The molecule has 1 N–H and O–H groups in total. The Morgan fingerprint density at radius 1 is 0.947 bits per heavy atom. The van der Waals surface area contributed by atoms with E-state index in [1.807, 2.05) is 6.92 Å². The van der Waals surface area contributed by atoms with Crippen molar-refractivity contribution in [1.82, 2.24) is 5.32 Å². The standard InChI is InChI=1S/C16H33NO2/c1-4-7-9-12-15(11-8-5-2)13-10-14-17-16(18)19-6-3/h15H,4-14H2,1-3H3,(H,17,18). The topological polar surface area (TPSA) is 38.3 Å². The molecule has 0 aliphatic rings. The van der Waals surface area contributed by atoms with Crippen LogP contribution in [-0.4, -0.2) is 19.2 Å². The molecule has 0 radical (unpaired) electrons. The maximum Gasteiger partial charge on any atom is 0.407 e. The minimum Gasteiger partial charge on any atom is -0.450 e. The van der Waals surface area contributed by atoms with Gasteiger partial charge in [-0.05, 0) is 25.7 Å². The zero-order valence-electron chi connectivity index (χ0n) is 13.2. The summed E-state index contributed by atoms with van der Waals surface area (Å²) in [6.07, 6.45) is 11.3. The molecule has 0 saturated heterocycles. The van der Waals surface area contributed by atoms with Gasteiger partial charge in [0.05, 0.1) is 6.61 Å². The first kappa shape index (κ1) is 18.3. The average molecular weight is 271 g/mol. The van der Waals surface area contributed by atoms with E-state index in [1.54, 1.807) is 0 Å². The van der Waals surface area contributed by atoms with Gasteiger partial charge in [0.15, 0.2) is 0 Å². The predicted molar refractivity (Wildman–Crippen MR) is 81.4 cm³/mol. The van der Waals surface area contributed by atoms with Crippen LogP contribution in [0.2, 0.25) is 0 Å². The van der Waals surface area contributed by atoms with E-state index in [0.29, 0.717) is 6.61 Å². The third kappa shape index (κ3) is 12.1. The summed E-state index contributed by atoms with van der Waals surface area (Å²) in [7, 11) is 0. The predicted octanol–water partition coefficient (Wildman–Crippen LogP) is 4.90. The molecule has 0 aliphatic heterocycles. The van der Waals surface area contributed by atoms with Gasteiger partial charge in [0.25, 0.3) is 0 Å². The highest BCUT2D eigenvalue weighted by Gasteiger charge is 2.08. The maximum absolute atomic E-state index is 11.1. The van der Waals surface area contributed by atoms with Crippen LogP contribution in [0.15, 0.2) is 0 Å². The van der Waals surface area contributed by atoms with Crippen LogP contribution in [0, 0.1) is 5.92 Å². The highest BCUT2D eigenvalue weighted by molar-refractivity contribution is 5.66. The lowest BCUT2D eigenvalue weighted by atomic mass is 9.91. The Morgan fingerprint density at radius 2 is 1.58 bits per heavy atom. The van der Waals surface area contributed by atoms with E-state index in [4.69, 9.17) is 4.74 Å². The second-order valence-corrected chi connectivity index (χ2v) is 5.29. The Labute approximate surface area is 119 Å². The van der Waals surface area contributed by atoms with E-state index in [2.05, 4.69) is 19.2 Å². The van der Waals surface area contributed by atoms with Gasteiger partial charge in [0, 0.05) is 6.54 Å². The minimum absolute atomic E-state index is 0.279. The highest BCUT2D eigenvalue weighted by Crippen LogP contribution is 2.21. The van der Waals surface area contributed by atoms with Gasteiger partial charge in [-0.2, -0.15) is 0 Å². The van der Waals surface area contributed by atoms with E-state index in [1.165, 1.54) is 51.4 Å². The molecule has 0 aliphatic carbocycles. The fourth-order valence-corrected chi connectivity index (χ4v) is 2.37. The summed E-state index contributed by atoms with van der Waals surface area (Å²) in [6, 6.07) is 0.